The van der Waals surface area contributed by atoms with E-state index in [4.69, 9.17) is 4.98 Å². The second kappa shape index (κ2) is 12.3. The molecule has 0 unspecified atom stereocenters. The number of thiazole rings is 1. The molecule has 5 nitrogen and oxygen atoms in total. The third-order valence-electron chi connectivity index (χ3n) is 5.71. The zero-order valence-electron chi connectivity index (χ0n) is 19.9. The van der Waals surface area contributed by atoms with E-state index in [0.717, 1.165) is 34.8 Å². The van der Waals surface area contributed by atoms with Gasteiger partial charge in [-0.2, -0.15) is 0 Å². The Morgan fingerprint density at radius 3 is 2.34 bits per heavy atom. The molecule has 9 heteroatoms. The number of benzene rings is 4. The van der Waals surface area contributed by atoms with E-state index in [1.54, 1.807) is 47.4 Å². The first kappa shape index (κ1) is 26.6. The van der Waals surface area contributed by atoms with Crippen LogP contribution in [0.3, 0.4) is 0 Å². The van der Waals surface area contributed by atoms with Gasteiger partial charge in [0.05, 0.1) is 21.3 Å². The summed E-state index contributed by atoms with van der Waals surface area (Å²) in [6.07, 6.45) is 0. The first-order valence-corrected chi connectivity index (χ1v) is 15.0. The van der Waals surface area contributed by atoms with Crippen molar-refractivity contribution in [2.24, 2.45) is 0 Å². The topological polar surface area (TPSA) is 71.1 Å². The lowest BCUT2D eigenvalue weighted by Gasteiger charge is -2.11. The smallest absolute Gasteiger partial charge is 0.256 e. The highest BCUT2D eigenvalue weighted by atomic mass is 79.9. The molecule has 0 aliphatic carbocycles. The number of anilines is 1. The number of nitrogens with zero attached hydrogens (tertiary/aromatic N) is 1. The maximum absolute atomic E-state index is 13.2. The third kappa shape index (κ3) is 6.53. The number of carbonyl (C=O) groups excluding carboxylic acids is 2. The van der Waals surface area contributed by atoms with Gasteiger partial charge < -0.3 is 10.6 Å². The molecular weight excluding hydrogens is 646 g/mol. The molecule has 190 valence electrons. The van der Waals surface area contributed by atoms with E-state index < -0.39 is 0 Å². The first-order chi connectivity index (χ1) is 18.5. The van der Waals surface area contributed by atoms with E-state index in [2.05, 4.69) is 48.6 Å². The Kier molecular flexibility index (Phi) is 8.58. The number of amides is 2. The number of thioether (sulfide) groups is 1. The van der Waals surface area contributed by atoms with Gasteiger partial charge in [-0.25, -0.2) is 4.98 Å². The van der Waals surface area contributed by atoms with Gasteiger partial charge >= 0.3 is 0 Å². The summed E-state index contributed by atoms with van der Waals surface area (Å²) in [5, 5.41) is 5.84. The molecule has 0 bridgehead atoms. The van der Waals surface area contributed by atoms with Crippen LogP contribution >= 0.6 is 55.0 Å². The minimum absolute atomic E-state index is 0.295. The molecule has 5 rings (SSSR count). The van der Waals surface area contributed by atoms with Crippen molar-refractivity contribution in [2.45, 2.75) is 16.6 Å². The predicted octanol–water partition coefficient (Wildman–Crippen LogP) is 8.30. The van der Waals surface area contributed by atoms with Crippen LogP contribution in [0.2, 0.25) is 0 Å². The molecule has 0 aliphatic rings. The summed E-state index contributed by atoms with van der Waals surface area (Å²) in [7, 11) is 0. The first-order valence-electron chi connectivity index (χ1n) is 11.7. The molecule has 1 aromatic heterocycles. The Bertz CT molecular complexity index is 1620. The average molecular weight is 667 g/mol. The van der Waals surface area contributed by atoms with Crippen LogP contribution in [0, 0.1) is 0 Å². The van der Waals surface area contributed by atoms with Crippen molar-refractivity contribution < 1.29 is 9.59 Å². The Morgan fingerprint density at radius 2 is 1.58 bits per heavy atom. The Morgan fingerprint density at radius 1 is 0.842 bits per heavy atom. The van der Waals surface area contributed by atoms with E-state index >= 15 is 0 Å². The van der Waals surface area contributed by atoms with Crippen LogP contribution in [0.1, 0.15) is 31.8 Å². The van der Waals surface area contributed by atoms with E-state index in [1.807, 2.05) is 60.7 Å². The van der Waals surface area contributed by atoms with Crippen LogP contribution in [0.25, 0.3) is 10.2 Å². The van der Waals surface area contributed by atoms with Gasteiger partial charge in [-0.1, -0.05) is 92.2 Å². The molecule has 0 spiro atoms. The Balaban J connectivity index is 1.26. The Hall–Kier alpha value is -2.98. The summed E-state index contributed by atoms with van der Waals surface area (Å²) in [6.45, 7) is 0.386. The van der Waals surface area contributed by atoms with Gasteiger partial charge in [0.25, 0.3) is 11.8 Å². The molecule has 5 aromatic rings. The largest absolute Gasteiger partial charge is 0.348 e. The van der Waals surface area contributed by atoms with Crippen molar-refractivity contribution in [3.63, 3.8) is 0 Å². The third-order valence-corrected chi connectivity index (χ3v) is 9.15. The molecule has 1 heterocycles. The van der Waals surface area contributed by atoms with Crippen molar-refractivity contribution in [2.75, 3.05) is 5.32 Å². The quantitative estimate of drug-likeness (QED) is 0.164. The van der Waals surface area contributed by atoms with Crippen LogP contribution in [-0.2, 0) is 12.3 Å². The minimum Gasteiger partial charge on any atom is -0.348 e. The molecule has 38 heavy (non-hydrogen) atoms. The van der Waals surface area contributed by atoms with Crippen molar-refractivity contribution in [3.8, 4) is 0 Å². The maximum atomic E-state index is 13.2. The van der Waals surface area contributed by atoms with E-state index in [0.29, 0.717) is 23.4 Å². The number of rotatable bonds is 8. The van der Waals surface area contributed by atoms with Crippen molar-refractivity contribution in [3.05, 3.63) is 122 Å². The van der Waals surface area contributed by atoms with E-state index in [-0.39, 0.29) is 11.8 Å². The highest BCUT2D eigenvalue weighted by Gasteiger charge is 2.17. The summed E-state index contributed by atoms with van der Waals surface area (Å²) in [6, 6.07) is 28.3. The second-order valence-electron chi connectivity index (χ2n) is 8.35. The lowest BCUT2D eigenvalue weighted by molar-refractivity contribution is 0.0938. The molecule has 2 N–H and O–H groups in total. The number of fused-ring (bicyclic) bond motifs is 1. The van der Waals surface area contributed by atoms with Gasteiger partial charge in [-0.05, 0) is 53.6 Å². The van der Waals surface area contributed by atoms with Crippen LogP contribution < -0.4 is 10.6 Å². The zero-order valence-corrected chi connectivity index (χ0v) is 24.7. The standard InChI is InChI=1S/C29H21Br2N3O2S2/c30-20-11-10-19(24(31)14-20)17-37-29-34-25-13-12-21(15-26(25)38-29)33-28(36)23-9-5-4-8-22(23)27(35)32-16-18-6-2-1-3-7-18/h1-15H,16-17H2,(H,32,35)(H,33,36). The van der Waals surface area contributed by atoms with Crippen LogP contribution in [0.4, 0.5) is 5.69 Å². The van der Waals surface area contributed by atoms with Crippen molar-refractivity contribution in [1.82, 2.24) is 10.3 Å². The van der Waals surface area contributed by atoms with Crippen LogP contribution in [0.5, 0.6) is 0 Å². The summed E-state index contributed by atoms with van der Waals surface area (Å²) < 4.78 is 4.02. The SMILES string of the molecule is O=C(NCc1ccccc1)c1ccccc1C(=O)Nc1ccc2nc(SCc3ccc(Br)cc3Br)sc2c1. The fourth-order valence-electron chi connectivity index (χ4n) is 3.77. The van der Waals surface area contributed by atoms with Crippen LogP contribution in [0.15, 0.2) is 104 Å². The number of aromatic nitrogens is 1. The molecule has 0 fully saturated rings. The molecule has 4 aromatic carbocycles. The maximum Gasteiger partial charge on any atom is 0.256 e. The fraction of sp³-hybridized carbons (Fsp3) is 0.0690. The van der Waals surface area contributed by atoms with Gasteiger partial charge in [0, 0.05) is 26.9 Å². The van der Waals surface area contributed by atoms with Gasteiger partial charge in [0.1, 0.15) is 0 Å². The molecule has 0 saturated heterocycles. The molecule has 0 radical (unpaired) electrons. The zero-order chi connectivity index (χ0) is 26.5. The number of hydrogen-bond donors (Lipinski definition) is 2. The fourth-order valence-corrected chi connectivity index (χ4v) is 7.26. The molecule has 0 saturated carbocycles. The lowest BCUT2D eigenvalue weighted by atomic mass is 10.1. The highest BCUT2D eigenvalue weighted by molar-refractivity contribution is 9.11. The predicted molar refractivity (Wildman–Crippen MR) is 163 cm³/mol. The number of nitrogens with one attached hydrogen (secondary N) is 2. The van der Waals surface area contributed by atoms with Crippen LogP contribution in [-0.4, -0.2) is 16.8 Å². The molecule has 2 amide bonds. The lowest BCUT2D eigenvalue weighted by Crippen LogP contribution is -2.26. The van der Waals surface area contributed by atoms with Crippen molar-refractivity contribution >= 4 is 82.7 Å². The normalized spacial score (nSPS) is 10.9. The number of carbonyl (C=O) groups is 2. The van der Waals surface area contributed by atoms with E-state index in [1.165, 1.54) is 5.56 Å². The molecule has 0 aliphatic heterocycles. The van der Waals surface area contributed by atoms with Gasteiger partial charge in [-0.15, -0.1) is 11.3 Å². The second-order valence-corrected chi connectivity index (χ2v) is 12.4. The number of halogens is 2. The monoisotopic (exact) mass is 665 g/mol. The van der Waals surface area contributed by atoms with E-state index in [9.17, 15) is 9.59 Å². The minimum atomic E-state index is -0.339. The average Bonchev–Trinajstić information content (AvgIpc) is 3.34. The molecule has 0 atom stereocenters. The Labute approximate surface area is 245 Å². The van der Waals surface area contributed by atoms with Gasteiger partial charge in [-0.3, -0.25) is 9.59 Å². The van der Waals surface area contributed by atoms with Crippen molar-refractivity contribution in [1.29, 1.82) is 0 Å². The van der Waals surface area contributed by atoms with Gasteiger partial charge in [0.2, 0.25) is 0 Å². The number of hydrogen-bond acceptors (Lipinski definition) is 5. The molecular formula is C29H21Br2N3O2S2. The summed E-state index contributed by atoms with van der Waals surface area (Å²) >= 11 is 10.4. The summed E-state index contributed by atoms with van der Waals surface area (Å²) in [4.78, 5) is 30.8. The van der Waals surface area contributed by atoms with Gasteiger partial charge in [0.15, 0.2) is 4.34 Å². The highest BCUT2D eigenvalue weighted by Crippen LogP contribution is 2.35. The summed E-state index contributed by atoms with van der Waals surface area (Å²) in [5.74, 6) is 0.158. The summed E-state index contributed by atoms with van der Waals surface area (Å²) in [5.41, 5.74) is 4.36.